The first-order valence-corrected chi connectivity index (χ1v) is 7.18. The van der Waals surface area contributed by atoms with Gasteiger partial charge in [0.2, 0.25) is 0 Å². The predicted octanol–water partition coefficient (Wildman–Crippen LogP) is 2.00. The molecule has 1 aliphatic rings. The van der Waals surface area contributed by atoms with Gasteiger partial charge in [-0.25, -0.2) is 0 Å². The van der Waals surface area contributed by atoms with Crippen LogP contribution in [-0.2, 0) is 0 Å². The standard InChI is InChI=1S/C14H30N2O/c1-4-9-14(2,17)12-15-10-8-13-7-5-6-11-16(13)3/h13,15,17H,4-12H2,1-3H3. The van der Waals surface area contributed by atoms with Crippen molar-refractivity contribution < 1.29 is 5.11 Å². The smallest absolute Gasteiger partial charge is 0.0743 e. The molecular weight excluding hydrogens is 212 g/mol. The van der Waals surface area contributed by atoms with Gasteiger partial charge < -0.3 is 15.3 Å². The predicted molar refractivity (Wildman–Crippen MR) is 73.3 cm³/mol. The van der Waals surface area contributed by atoms with Crippen LogP contribution in [0.25, 0.3) is 0 Å². The number of hydrogen-bond acceptors (Lipinski definition) is 3. The Hall–Kier alpha value is -0.120. The number of rotatable bonds is 7. The SMILES string of the molecule is CCCC(C)(O)CNCCC1CCCCN1C. The van der Waals surface area contributed by atoms with E-state index in [9.17, 15) is 5.11 Å². The molecule has 3 heteroatoms. The highest BCUT2D eigenvalue weighted by atomic mass is 16.3. The minimum atomic E-state index is -0.535. The van der Waals surface area contributed by atoms with Crippen LogP contribution in [0.4, 0.5) is 0 Å². The van der Waals surface area contributed by atoms with Crippen LogP contribution in [-0.4, -0.2) is 48.3 Å². The number of likely N-dealkylation sites (tertiary alicyclic amines) is 1. The summed E-state index contributed by atoms with van der Waals surface area (Å²) in [6, 6.07) is 0.743. The molecular formula is C14H30N2O. The van der Waals surface area contributed by atoms with Crippen LogP contribution in [0, 0.1) is 0 Å². The van der Waals surface area contributed by atoms with Crippen LogP contribution in [0.3, 0.4) is 0 Å². The summed E-state index contributed by atoms with van der Waals surface area (Å²) in [6.45, 7) is 7.03. The molecule has 0 aliphatic carbocycles. The van der Waals surface area contributed by atoms with Gasteiger partial charge in [-0.05, 0) is 52.7 Å². The molecule has 17 heavy (non-hydrogen) atoms. The number of nitrogens with zero attached hydrogens (tertiary/aromatic N) is 1. The lowest BCUT2D eigenvalue weighted by Gasteiger charge is -2.33. The van der Waals surface area contributed by atoms with E-state index in [1.165, 1.54) is 32.2 Å². The summed E-state index contributed by atoms with van der Waals surface area (Å²) in [6.07, 6.45) is 7.19. The fourth-order valence-electron chi connectivity index (χ4n) is 2.76. The van der Waals surface area contributed by atoms with Crippen LogP contribution in [0.5, 0.6) is 0 Å². The fraction of sp³-hybridized carbons (Fsp3) is 1.00. The second kappa shape index (κ2) is 7.34. The van der Waals surface area contributed by atoms with Crippen molar-refractivity contribution in [3.8, 4) is 0 Å². The molecule has 0 bridgehead atoms. The normalized spacial score (nSPS) is 25.8. The third-order valence-corrected chi connectivity index (χ3v) is 3.87. The van der Waals surface area contributed by atoms with E-state index in [1.807, 2.05) is 6.92 Å². The molecule has 2 unspecified atom stereocenters. The number of hydrogen-bond donors (Lipinski definition) is 2. The maximum atomic E-state index is 10.0. The molecule has 0 aromatic heterocycles. The zero-order valence-electron chi connectivity index (χ0n) is 11.8. The highest BCUT2D eigenvalue weighted by Crippen LogP contribution is 2.17. The second-order valence-corrected chi connectivity index (χ2v) is 5.84. The molecule has 3 nitrogen and oxygen atoms in total. The van der Waals surface area contributed by atoms with Crippen LogP contribution in [0.15, 0.2) is 0 Å². The van der Waals surface area contributed by atoms with Gasteiger partial charge in [-0.3, -0.25) is 0 Å². The molecule has 0 spiro atoms. The Balaban J connectivity index is 2.10. The third kappa shape index (κ3) is 5.84. The summed E-state index contributed by atoms with van der Waals surface area (Å²) in [7, 11) is 2.23. The minimum Gasteiger partial charge on any atom is -0.389 e. The quantitative estimate of drug-likeness (QED) is 0.670. The van der Waals surface area contributed by atoms with Gasteiger partial charge >= 0.3 is 0 Å². The first-order chi connectivity index (χ1) is 8.05. The monoisotopic (exact) mass is 242 g/mol. The number of nitrogens with one attached hydrogen (secondary N) is 1. The van der Waals surface area contributed by atoms with Crippen LogP contribution in [0.2, 0.25) is 0 Å². The maximum Gasteiger partial charge on any atom is 0.0743 e. The average molecular weight is 242 g/mol. The Morgan fingerprint density at radius 2 is 2.18 bits per heavy atom. The average Bonchev–Trinajstić information content (AvgIpc) is 2.26. The first kappa shape index (κ1) is 14.9. The first-order valence-electron chi connectivity index (χ1n) is 7.18. The van der Waals surface area contributed by atoms with Gasteiger partial charge in [-0.15, -0.1) is 0 Å². The molecule has 0 saturated carbocycles. The lowest BCUT2D eigenvalue weighted by Crippen LogP contribution is -2.41. The van der Waals surface area contributed by atoms with E-state index in [1.54, 1.807) is 0 Å². The van der Waals surface area contributed by atoms with Crippen LogP contribution < -0.4 is 5.32 Å². The van der Waals surface area contributed by atoms with E-state index in [-0.39, 0.29) is 0 Å². The second-order valence-electron chi connectivity index (χ2n) is 5.84. The van der Waals surface area contributed by atoms with Gasteiger partial charge in [0.1, 0.15) is 0 Å². The van der Waals surface area contributed by atoms with E-state index >= 15 is 0 Å². The van der Waals surface area contributed by atoms with Crippen molar-refractivity contribution in [1.29, 1.82) is 0 Å². The lowest BCUT2D eigenvalue weighted by molar-refractivity contribution is 0.0493. The number of piperidine rings is 1. The van der Waals surface area contributed by atoms with Gasteiger partial charge in [0.05, 0.1) is 5.60 Å². The molecule has 1 aliphatic heterocycles. The largest absolute Gasteiger partial charge is 0.389 e. The third-order valence-electron chi connectivity index (χ3n) is 3.87. The molecule has 2 atom stereocenters. The van der Waals surface area contributed by atoms with Crippen LogP contribution >= 0.6 is 0 Å². The fourth-order valence-corrected chi connectivity index (χ4v) is 2.76. The highest BCUT2D eigenvalue weighted by molar-refractivity contribution is 4.77. The van der Waals surface area contributed by atoms with Crippen molar-refractivity contribution in [3.63, 3.8) is 0 Å². The highest BCUT2D eigenvalue weighted by Gasteiger charge is 2.20. The molecule has 102 valence electrons. The van der Waals surface area contributed by atoms with Gasteiger partial charge in [-0.1, -0.05) is 19.8 Å². The molecule has 0 aromatic rings. The van der Waals surface area contributed by atoms with Crippen molar-refractivity contribution in [2.24, 2.45) is 0 Å². The Bertz CT molecular complexity index is 206. The summed E-state index contributed by atoms with van der Waals surface area (Å²) in [5, 5.41) is 13.4. The summed E-state index contributed by atoms with van der Waals surface area (Å²) >= 11 is 0. The molecule has 0 aromatic carbocycles. The van der Waals surface area contributed by atoms with E-state index in [0.29, 0.717) is 0 Å². The molecule has 1 rings (SSSR count). The lowest BCUT2D eigenvalue weighted by atomic mass is 9.99. The van der Waals surface area contributed by atoms with Crippen molar-refractivity contribution in [2.75, 3.05) is 26.7 Å². The minimum absolute atomic E-state index is 0.535. The Morgan fingerprint density at radius 3 is 2.82 bits per heavy atom. The molecule has 1 saturated heterocycles. The zero-order valence-corrected chi connectivity index (χ0v) is 11.8. The van der Waals surface area contributed by atoms with Crippen LogP contribution in [0.1, 0.15) is 52.4 Å². The molecule has 1 fully saturated rings. The zero-order chi connectivity index (χ0) is 12.7. The van der Waals surface area contributed by atoms with E-state index in [0.717, 1.165) is 32.0 Å². The summed E-state index contributed by atoms with van der Waals surface area (Å²) in [4.78, 5) is 2.48. The van der Waals surface area contributed by atoms with Gasteiger partial charge in [0.25, 0.3) is 0 Å². The molecule has 0 amide bonds. The van der Waals surface area contributed by atoms with Crippen molar-refractivity contribution in [1.82, 2.24) is 10.2 Å². The summed E-state index contributed by atoms with van der Waals surface area (Å²) in [5.41, 5.74) is -0.535. The number of aliphatic hydroxyl groups is 1. The van der Waals surface area contributed by atoms with Crippen molar-refractivity contribution in [2.45, 2.75) is 64.0 Å². The molecule has 0 radical (unpaired) electrons. The topological polar surface area (TPSA) is 35.5 Å². The van der Waals surface area contributed by atoms with Crippen molar-refractivity contribution >= 4 is 0 Å². The Labute approximate surface area is 107 Å². The summed E-state index contributed by atoms with van der Waals surface area (Å²) < 4.78 is 0. The van der Waals surface area contributed by atoms with E-state index in [4.69, 9.17) is 0 Å². The Morgan fingerprint density at radius 1 is 1.41 bits per heavy atom. The Kier molecular flexibility index (Phi) is 6.45. The van der Waals surface area contributed by atoms with Gasteiger partial charge in [-0.2, -0.15) is 0 Å². The van der Waals surface area contributed by atoms with Gasteiger partial charge in [0.15, 0.2) is 0 Å². The molecule has 2 N–H and O–H groups in total. The molecule has 1 heterocycles. The summed E-state index contributed by atoms with van der Waals surface area (Å²) in [5.74, 6) is 0. The van der Waals surface area contributed by atoms with Gasteiger partial charge in [0, 0.05) is 12.6 Å². The van der Waals surface area contributed by atoms with E-state index < -0.39 is 5.60 Å². The van der Waals surface area contributed by atoms with E-state index in [2.05, 4.69) is 24.2 Å². The van der Waals surface area contributed by atoms with Crippen molar-refractivity contribution in [3.05, 3.63) is 0 Å². The maximum absolute atomic E-state index is 10.0.